The summed E-state index contributed by atoms with van der Waals surface area (Å²) in [5, 5.41) is 2.89. The molecule has 1 amide bonds. The van der Waals surface area contributed by atoms with E-state index >= 15 is 0 Å². The van der Waals surface area contributed by atoms with Crippen LogP contribution < -0.4 is 14.8 Å². The summed E-state index contributed by atoms with van der Waals surface area (Å²) in [6, 6.07) is 5.59. The van der Waals surface area contributed by atoms with Crippen molar-refractivity contribution in [3.63, 3.8) is 0 Å². The van der Waals surface area contributed by atoms with Crippen LogP contribution in [0.25, 0.3) is 0 Å². The number of amides is 1. The lowest BCUT2D eigenvalue weighted by atomic mass is 10.1. The van der Waals surface area contributed by atoms with Gasteiger partial charge in [0.05, 0.1) is 6.42 Å². The van der Waals surface area contributed by atoms with Crippen LogP contribution in [0.5, 0.6) is 11.5 Å². The molecule has 1 aromatic carbocycles. The van der Waals surface area contributed by atoms with Gasteiger partial charge < -0.3 is 14.8 Å². The Balaban J connectivity index is 1.92. The zero-order valence-corrected chi connectivity index (χ0v) is 10.2. The molecule has 1 heterocycles. The SMILES string of the molecule is CC(C)CNC(=O)Cc1ccc2c(c1)OCO2. The first kappa shape index (κ1) is 11.8. The summed E-state index contributed by atoms with van der Waals surface area (Å²) in [7, 11) is 0. The topological polar surface area (TPSA) is 47.6 Å². The highest BCUT2D eigenvalue weighted by molar-refractivity contribution is 5.78. The number of hydrogen-bond acceptors (Lipinski definition) is 3. The van der Waals surface area contributed by atoms with E-state index in [1.54, 1.807) is 0 Å². The maximum atomic E-state index is 11.6. The lowest BCUT2D eigenvalue weighted by Gasteiger charge is -2.07. The van der Waals surface area contributed by atoms with Crippen molar-refractivity contribution in [2.75, 3.05) is 13.3 Å². The molecule has 0 spiro atoms. The number of carbonyl (C=O) groups excluding carboxylic acids is 1. The third-order valence-corrected chi connectivity index (χ3v) is 2.51. The van der Waals surface area contributed by atoms with Crippen molar-refractivity contribution in [2.45, 2.75) is 20.3 Å². The first-order valence-corrected chi connectivity index (χ1v) is 5.80. The van der Waals surface area contributed by atoms with Crippen molar-refractivity contribution in [3.05, 3.63) is 23.8 Å². The molecule has 17 heavy (non-hydrogen) atoms. The predicted octanol–water partition coefficient (Wildman–Crippen LogP) is 1.73. The van der Waals surface area contributed by atoms with Gasteiger partial charge >= 0.3 is 0 Å². The zero-order chi connectivity index (χ0) is 12.3. The second kappa shape index (κ2) is 5.08. The molecule has 2 rings (SSSR count). The van der Waals surface area contributed by atoms with Crippen molar-refractivity contribution in [3.8, 4) is 11.5 Å². The summed E-state index contributed by atoms with van der Waals surface area (Å²) < 4.78 is 10.5. The second-order valence-corrected chi connectivity index (χ2v) is 4.56. The highest BCUT2D eigenvalue weighted by atomic mass is 16.7. The van der Waals surface area contributed by atoms with E-state index in [0.29, 0.717) is 18.9 Å². The van der Waals surface area contributed by atoms with E-state index in [1.165, 1.54) is 0 Å². The normalized spacial score (nSPS) is 12.9. The van der Waals surface area contributed by atoms with Gasteiger partial charge in [0.1, 0.15) is 0 Å². The molecule has 0 aliphatic carbocycles. The van der Waals surface area contributed by atoms with Gasteiger partial charge in [0.15, 0.2) is 11.5 Å². The molecule has 0 bridgehead atoms. The van der Waals surface area contributed by atoms with E-state index in [-0.39, 0.29) is 12.7 Å². The zero-order valence-electron chi connectivity index (χ0n) is 10.2. The third-order valence-electron chi connectivity index (χ3n) is 2.51. The number of rotatable bonds is 4. The molecular formula is C13H17NO3. The van der Waals surface area contributed by atoms with Crippen molar-refractivity contribution in [1.29, 1.82) is 0 Å². The highest BCUT2D eigenvalue weighted by Gasteiger charge is 2.14. The molecule has 1 N–H and O–H groups in total. The van der Waals surface area contributed by atoms with Crippen LogP contribution in [0.1, 0.15) is 19.4 Å². The van der Waals surface area contributed by atoms with E-state index in [1.807, 2.05) is 18.2 Å². The molecule has 0 atom stereocenters. The molecule has 0 fully saturated rings. The Hall–Kier alpha value is -1.71. The lowest BCUT2D eigenvalue weighted by Crippen LogP contribution is -2.28. The molecule has 1 aliphatic rings. The van der Waals surface area contributed by atoms with Crippen LogP contribution in [0.2, 0.25) is 0 Å². The van der Waals surface area contributed by atoms with E-state index in [0.717, 1.165) is 17.1 Å². The number of hydrogen-bond donors (Lipinski definition) is 1. The predicted molar refractivity (Wildman–Crippen MR) is 64.1 cm³/mol. The first-order chi connectivity index (χ1) is 8.15. The van der Waals surface area contributed by atoms with Crippen molar-refractivity contribution in [1.82, 2.24) is 5.32 Å². The van der Waals surface area contributed by atoms with Gasteiger partial charge in [0.2, 0.25) is 12.7 Å². The molecule has 92 valence electrons. The van der Waals surface area contributed by atoms with E-state index in [2.05, 4.69) is 19.2 Å². The Bertz CT molecular complexity index is 415. The molecule has 4 nitrogen and oxygen atoms in total. The van der Waals surface area contributed by atoms with Crippen LogP contribution in [0, 0.1) is 5.92 Å². The summed E-state index contributed by atoms with van der Waals surface area (Å²) in [4.78, 5) is 11.6. The van der Waals surface area contributed by atoms with Crippen LogP contribution in [0.3, 0.4) is 0 Å². The summed E-state index contributed by atoms with van der Waals surface area (Å²) in [5.74, 6) is 1.98. The molecular weight excluding hydrogens is 218 g/mol. The van der Waals surface area contributed by atoms with Gasteiger partial charge in [0.25, 0.3) is 0 Å². The third kappa shape index (κ3) is 3.12. The smallest absolute Gasteiger partial charge is 0.231 e. The fraction of sp³-hybridized carbons (Fsp3) is 0.462. The van der Waals surface area contributed by atoms with Crippen molar-refractivity contribution >= 4 is 5.91 Å². The number of carbonyl (C=O) groups is 1. The van der Waals surface area contributed by atoms with Crippen LogP contribution in [0.4, 0.5) is 0 Å². The monoisotopic (exact) mass is 235 g/mol. The minimum absolute atomic E-state index is 0.0394. The molecule has 0 radical (unpaired) electrons. The maximum Gasteiger partial charge on any atom is 0.231 e. The summed E-state index contributed by atoms with van der Waals surface area (Å²) in [5.41, 5.74) is 0.940. The average molecular weight is 235 g/mol. The van der Waals surface area contributed by atoms with Gasteiger partial charge in [-0.25, -0.2) is 0 Å². The summed E-state index contributed by atoms with van der Waals surface area (Å²) in [6.07, 6.45) is 0.378. The lowest BCUT2D eigenvalue weighted by molar-refractivity contribution is -0.120. The molecule has 0 saturated carbocycles. The molecule has 1 aromatic rings. The maximum absolute atomic E-state index is 11.6. The Labute approximate surface area is 101 Å². The van der Waals surface area contributed by atoms with Crippen LogP contribution in [-0.2, 0) is 11.2 Å². The van der Waals surface area contributed by atoms with Gasteiger partial charge in [-0.05, 0) is 23.6 Å². The van der Waals surface area contributed by atoms with E-state index in [9.17, 15) is 4.79 Å². The van der Waals surface area contributed by atoms with E-state index in [4.69, 9.17) is 9.47 Å². The van der Waals surface area contributed by atoms with Crippen molar-refractivity contribution in [2.24, 2.45) is 5.92 Å². The Morgan fingerprint density at radius 2 is 2.12 bits per heavy atom. The molecule has 4 heteroatoms. The average Bonchev–Trinajstić information content (AvgIpc) is 2.73. The molecule has 0 saturated heterocycles. The quantitative estimate of drug-likeness (QED) is 0.864. The van der Waals surface area contributed by atoms with Crippen LogP contribution >= 0.6 is 0 Å². The number of fused-ring (bicyclic) bond motifs is 1. The van der Waals surface area contributed by atoms with Crippen molar-refractivity contribution < 1.29 is 14.3 Å². The Morgan fingerprint density at radius 1 is 1.35 bits per heavy atom. The van der Waals surface area contributed by atoms with Gasteiger partial charge in [0, 0.05) is 6.54 Å². The minimum atomic E-state index is 0.0394. The molecule has 0 aromatic heterocycles. The highest BCUT2D eigenvalue weighted by Crippen LogP contribution is 2.32. The number of ether oxygens (including phenoxy) is 2. The minimum Gasteiger partial charge on any atom is -0.454 e. The summed E-state index contributed by atoms with van der Waals surface area (Å²) >= 11 is 0. The summed E-state index contributed by atoms with van der Waals surface area (Å²) in [6.45, 7) is 5.11. The fourth-order valence-electron chi connectivity index (χ4n) is 1.62. The fourth-order valence-corrected chi connectivity index (χ4v) is 1.62. The van der Waals surface area contributed by atoms with Gasteiger partial charge in [-0.1, -0.05) is 19.9 Å². The van der Waals surface area contributed by atoms with E-state index < -0.39 is 0 Å². The van der Waals surface area contributed by atoms with Gasteiger partial charge in [-0.2, -0.15) is 0 Å². The molecule has 1 aliphatic heterocycles. The van der Waals surface area contributed by atoms with Gasteiger partial charge in [-0.3, -0.25) is 4.79 Å². The first-order valence-electron chi connectivity index (χ1n) is 5.80. The molecule has 0 unspecified atom stereocenters. The standard InChI is InChI=1S/C13H17NO3/c1-9(2)7-14-13(15)6-10-3-4-11-12(5-10)17-8-16-11/h3-5,9H,6-8H2,1-2H3,(H,14,15). The van der Waals surface area contributed by atoms with Crippen LogP contribution in [0.15, 0.2) is 18.2 Å². The Kier molecular flexibility index (Phi) is 3.52. The Morgan fingerprint density at radius 3 is 2.88 bits per heavy atom. The number of nitrogens with one attached hydrogen (secondary N) is 1. The van der Waals surface area contributed by atoms with Gasteiger partial charge in [-0.15, -0.1) is 0 Å². The van der Waals surface area contributed by atoms with Crippen LogP contribution in [-0.4, -0.2) is 19.2 Å². The number of benzene rings is 1. The second-order valence-electron chi connectivity index (χ2n) is 4.56. The largest absolute Gasteiger partial charge is 0.454 e.